The van der Waals surface area contributed by atoms with Crippen LogP contribution < -0.4 is 10.1 Å². The highest BCUT2D eigenvalue weighted by atomic mass is 35.5. The van der Waals surface area contributed by atoms with Gasteiger partial charge in [0, 0.05) is 18.3 Å². The molecule has 1 amide bonds. The lowest BCUT2D eigenvalue weighted by atomic mass is 10.2. The molecule has 0 saturated heterocycles. The Morgan fingerprint density at radius 3 is 2.95 bits per heavy atom. The van der Waals surface area contributed by atoms with E-state index in [1.54, 1.807) is 12.3 Å². The predicted molar refractivity (Wildman–Crippen MR) is 81.5 cm³/mol. The van der Waals surface area contributed by atoms with E-state index in [2.05, 4.69) is 10.4 Å². The monoisotopic (exact) mass is 325 g/mol. The molecule has 7 heteroatoms. The largest absolute Gasteiger partial charge is 0.471 e. The molecule has 2 rings (SSSR count). The van der Waals surface area contributed by atoms with Gasteiger partial charge in [-0.3, -0.25) is 4.79 Å². The molecule has 118 valence electrons. The molecule has 1 aromatic carbocycles. The van der Waals surface area contributed by atoms with Crippen LogP contribution in [0.2, 0.25) is 5.02 Å². The van der Waals surface area contributed by atoms with Crippen LogP contribution >= 0.6 is 11.6 Å². The molecule has 1 unspecified atom stereocenters. The van der Waals surface area contributed by atoms with Crippen molar-refractivity contribution in [3.63, 3.8) is 0 Å². The first-order valence-electron chi connectivity index (χ1n) is 6.91. The highest BCUT2D eigenvalue weighted by Crippen LogP contribution is 2.21. The minimum absolute atomic E-state index is 0.00779. The lowest BCUT2D eigenvalue weighted by Gasteiger charge is -2.09. The molecule has 0 saturated carbocycles. The van der Waals surface area contributed by atoms with Gasteiger partial charge in [-0.1, -0.05) is 18.5 Å². The summed E-state index contributed by atoms with van der Waals surface area (Å²) in [5, 5.41) is 6.95. The molecule has 22 heavy (non-hydrogen) atoms. The van der Waals surface area contributed by atoms with Gasteiger partial charge >= 0.3 is 0 Å². The normalized spacial score (nSPS) is 12.0. The van der Waals surface area contributed by atoms with Crippen LogP contribution in [0.4, 0.5) is 4.39 Å². The van der Waals surface area contributed by atoms with Crippen LogP contribution in [-0.4, -0.2) is 21.7 Å². The molecule has 0 aliphatic carbocycles. The fourth-order valence-corrected chi connectivity index (χ4v) is 1.83. The van der Waals surface area contributed by atoms with E-state index >= 15 is 0 Å². The highest BCUT2D eigenvalue weighted by Gasteiger charge is 2.11. The van der Waals surface area contributed by atoms with Crippen molar-refractivity contribution in [2.75, 3.05) is 0 Å². The van der Waals surface area contributed by atoms with Gasteiger partial charge in [0.2, 0.25) is 0 Å². The zero-order valence-electron chi connectivity index (χ0n) is 12.3. The second-order valence-corrected chi connectivity index (χ2v) is 5.28. The molecule has 0 aliphatic rings. The van der Waals surface area contributed by atoms with E-state index in [4.69, 9.17) is 16.3 Å². The van der Waals surface area contributed by atoms with Crippen molar-refractivity contribution in [3.05, 3.63) is 47.0 Å². The molecule has 0 bridgehead atoms. The number of hydrogen-bond acceptors (Lipinski definition) is 3. The Bertz CT molecular complexity index is 660. The Balaban J connectivity index is 1.94. The van der Waals surface area contributed by atoms with Crippen molar-refractivity contribution in [2.24, 2.45) is 0 Å². The molecular weight excluding hydrogens is 309 g/mol. The summed E-state index contributed by atoms with van der Waals surface area (Å²) in [6.45, 7) is 4.01. The average Bonchev–Trinajstić information content (AvgIpc) is 2.97. The maximum absolute atomic E-state index is 13.0. The standard InChI is InChI=1S/C15H17ClFN3O2/c1-3-10(2)18-15(21)14-6-7-20(19-14)9-22-11-4-5-13(17)12(16)8-11/h4-8,10H,3,9H2,1-2H3,(H,18,21). The fourth-order valence-electron chi connectivity index (χ4n) is 1.66. The van der Waals surface area contributed by atoms with E-state index in [0.29, 0.717) is 11.4 Å². The minimum Gasteiger partial charge on any atom is -0.471 e. The molecule has 1 atom stereocenters. The predicted octanol–water partition coefficient (Wildman–Crippen LogP) is 3.24. The van der Waals surface area contributed by atoms with Gasteiger partial charge in [0.15, 0.2) is 6.73 Å². The summed E-state index contributed by atoms with van der Waals surface area (Å²) >= 11 is 5.67. The van der Waals surface area contributed by atoms with Crippen molar-refractivity contribution in [1.29, 1.82) is 0 Å². The number of carbonyl (C=O) groups excluding carboxylic acids is 1. The number of nitrogens with zero attached hydrogens (tertiary/aromatic N) is 2. The van der Waals surface area contributed by atoms with Crippen LogP contribution in [0.15, 0.2) is 30.5 Å². The third kappa shape index (κ3) is 4.21. The molecular formula is C15H17ClFN3O2. The van der Waals surface area contributed by atoms with E-state index < -0.39 is 5.82 Å². The lowest BCUT2D eigenvalue weighted by molar-refractivity contribution is 0.0932. The van der Waals surface area contributed by atoms with Gasteiger partial charge in [0.1, 0.15) is 17.3 Å². The Labute approximate surface area is 133 Å². The van der Waals surface area contributed by atoms with Gasteiger partial charge in [0.05, 0.1) is 5.02 Å². The van der Waals surface area contributed by atoms with Crippen molar-refractivity contribution < 1.29 is 13.9 Å². The number of aromatic nitrogens is 2. The van der Waals surface area contributed by atoms with Gasteiger partial charge in [0.25, 0.3) is 5.91 Å². The maximum atomic E-state index is 13.0. The summed E-state index contributed by atoms with van der Waals surface area (Å²) in [4.78, 5) is 11.9. The Hall–Kier alpha value is -2.08. The van der Waals surface area contributed by atoms with Gasteiger partial charge < -0.3 is 10.1 Å². The lowest BCUT2D eigenvalue weighted by Crippen LogP contribution is -2.32. The van der Waals surface area contributed by atoms with E-state index in [-0.39, 0.29) is 23.7 Å². The number of hydrogen-bond donors (Lipinski definition) is 1. The first-order valence-corrected chi connectivity index (χ1v) is 7.29. The maximum Gasteiger partial charge on any atom is 0.271 e. The van der Waals surface area contributed by atoms with E-state index in [0.717, 1.165) is 6.42 Å². The van der Waals surface area contributed by atoms with E-state index in [1.807, 2.05) is 13.8 Å². The molecule has 0 spiro atoms. The van der Waals surface area contributed by atoms with Crippen LogP contribution in [0.25, 0.3) is 0 Å². The molecule has 0 aliphatic heterocycles. The van der Waals surface area contributed by atoms with Gasteiger partial charge in [-0.05, 0) is 31.5 Å². The molecule has 2 aromatic rings. The molecule has 5 nitrogen and oxygen atoms in total. The zero-order chi connectivity index (χ0) is 16.1. The van der Waals surface area contributed by atoms with Crippen LogP contribution in [0, 0.1) is 5.82 Å². The van der Waals surface area contributed by atoms with Crippen molar-refractivity contribution >= 4 is 17.5 Å². The number of benzene rings is 1. The highest BCUT2D eigenvalue weighted by molar-refractivity contribution is 6.30. The fraction of sp³-hybridized carbons (Fsp3) is 0.333. The quantitative estimate of drug-likeness (QED) is 0.887. The number of halogens is 2. The molecule has 0 fully saturated rings. The zero-order valence-corrected chi connectivity index (χ0v) is 13.1. The number of amides is 1. The number of carbonyl (C=O) groups is 1. The molecule has 1 heterocycles. The second kappa shape index (κ2) is 7.26. The third-order valence-corrected chi connectivity index (χ3v) is 3.41. The first kappa shape index (κ1) is 16.3. The summed E-state index contributed by atoms with van der Waals surface area (Å²) < 4.78 is 20.0. The number of rotatable bonds is 6. The summed E-state index contributed by atoms with van der Waals surface area (Å²) in [6, 6.07) is 5.79. The first-order chi connectivity index (χ1) is 10.5. The van der Waals surface area contributed by atoms with Crippen LogP contribution in [-0.2, 0) is 6.73 Å². The van der Waals surface area contributed by atoms with Crippen LogP contribution in [0.1, 0.15) is 30.8 Å². The summed E-state index contributed by atoms with van der Waals surface area (Å²) in [5.41, 5.74) is 0.320. The second-order valence-electron chi connectivity index (χ2n) is 4.87. The minimum atomic E-state index is -0.503. The number of nitrogens with one attached hydrogen (secondary N) is 1. The van der Waals surface area contributed by atoms with Gasteiger partial charge in [-0.25, -0.2) is 9.07 Å². The van der Waals surface area contributed by atoms with Crippen molar-refractivity contribution in [3.8, 4) is 5.75 Å². The molecule has 1 aromatic heterocycles. The smallest absolute Gasteiger partial charge is 0.271 e. The van der Waals surface area contributed by atoms with Crippen molar-refractivity contribution in [1.82, 2.24) is 15.1 Å². The van der Waals surface area contributed by atoms with Crippen molar-refractivity contribution in [2.45, 2.75) is 33.0 Å². The topological polar surface area (TPSA) is 56.2 Å². The Kier molecular flexibility index (Phi) is 5.38. The van der Waals surface area contributed by atoms with Gasteiger partial charge in [-0.15, -0.1) is 0 Å². The third-order valence-electron chi connectivity index (χ3n) is 3.12. The van der Waals surface area contributed by atoms with E-state index in [9.17, 15) is 9.18 Å². The Morgan fingerprint density at radius 1 is 1.50 bits per heavy atom. The molecule has 0 radical (unpaired) electrons. The van der Waals surface area contributed by atoms with E-state index in [1.165, 1.54) is 22.9 Å². The summed E-state index contributed by atoms with van der Waals surface area (Å²) in [6.07, 6.45) is 2.48. The SMILES string of the molecule is CCC(C)NC(=O)c1ccn(COc2ccc(F)c(Cl)c2)n1. The summed E-state index contributed by atoms with van der Waals surface area (Å²) in [5.74, 6) is -0.303. The summed E-state index contributed by atoms with van der Waals surface area (Å²) in [7, 11) is 0. The van der Waals surface area contributed by atoms with Crippen LogP contribution in [0.5, 0.6) is 5.75 Å². The van der Waals surface area contributed by atoms with Crippen LogP contribution in [0.3, 0.4) is 0 Å². The number of ether oxygens (including phenoxy) is 1. The molecule has 1 N–H and O–H groups in total. The Morgan fingerprint density at radius 2 is 2.27 bits per heavy atom. The van der Waals surface area contributed by atoms with Gasteiger partial charge in [-0.2, -0.15) is 5.10 Å². The average molecular weight is 326 g/mol.